The number of halogens is 1. The maximum atomic E-state index is 3.57. The first-order valence-corrected chi connectivity index (χ1v) is 7.28. The van der Waals surface area contributed by atoms with Gasteiger partial charge in [-0.05, 0) is 39.2 Å². The Labute approximate surface area is 118 Å². The highest BCUT2D eigenvalue weighted by Gasteiger charge is 2.30. The van der Waals surface area contributed by atoms with E-state index in [9.17, 15) is 0 Å². The molecule has 0 radical (unpaired) electrons. The zero-order valence-corrected chi connectivity index (χ0v) is 12.9. The Balaban J connectivity index is 2.26. The van der Waals surface area contributed by atoms with Gasteiger partial charge in [-0.25, -0.2) is 0 Å². The van der Waals surface area contributed by atoms with Crippen LogP contribution in [0.4, 0.5) is 5.69 Å². The minimum absolute atomic E-state index is 0.526. The molecule has 3 nitrogen and oxygen atoms in total. The Kier molecular flexibility index (Phi) is 4.65. The fraction of sp³-hybridized carbons (Fsp3) is 0.571. The van der Waals surface area contributed by atoms with Crippen molar-refractivity contribution in [2.24, 2.45) is 0 Å². The average Bonchev–Trinajstić information content (AvgIpc) is 2.28. The van der Waals surface area contributed by atoms with Crippen molar-refractivity contribution in [3.63, 3.8) is 0 Å². The van der Waals surface area contributed by atoms with E-state index in [0.29, 0.717) is 12.1 Å². The third-order valence-electron chi connectivity index (χ3n) is 3.51. The maximum absolute atomic E-state index is 3.57. The second-order valence-electron chi connectivity index (χ2n) is 5.17. The second-order valence-corrected chi connectivity index (χ2v) is 6.08. The third-order valence-corrected chi connectivity index (χ3v) is 4.01. The van der Waals surface area contributed by atoms with E-state index in [-0.39, 0.29) is 0 Å². The summed E-state index contributed by atoms with van der Waals surface area (Å²) in [4.78, 5) is 4.96. The van der Waals surface area contributed by atoms with Crippen LogP contribution in [0.5, 0.6) is 0 Å². The standard InChI is InChI=1S/C14H22BrN3/c1-11-9-17(3)10-14(8-16-2)18(11)13-6-4-5-12(15)7-13/h4-7,11,14,16H,8-10H2,1-3H3. The van der Waals surface area contributed by atoms with Gasteiger partial charge in [-0.15, -0.1) is 0 Å². The molecule has 1 saturated heterocycles. The molecule has 1 aromatic carbocycles. The summed E-state index contributed by atoms with van der Waals surface area (Å²) >= 11 is 3.57. The molecule has 1 N–H and O–H groups in total. The van der Waals surface area contributed by atoms with Crippen molar-refractivity contribution in [3.05, 3.63) is 28.7 Å². The molecule has 1 aliphatic heterocycles. The maximum Gasteiger partial charge on any atom is 0.0544 e. The van der Waals surface area contributed by atoms with Gasteiger partial charge in [0, 0.05) is 35.8 Å². The summed E-state index contributed by atoms with van der Waals surface area (Å²) < 4.78 is 1.15. The van der Waals surface area contributed by atoms with Gasteiger partial charge in [0.2, 0.25) is 0 Å². The molecule has 1 aromatic rings. The van der Waals surface area contributed by atoms with Crippen molar-refractivity contribution in [2.75, 3.05) is 38.6 Å². The largest absolute Gasteiger partial charge is 0.362 e. The summed E-state index contributed by atoms with van der Waals surface area (Å²) in [5.74, 6) is 0. The van der Waals surface area contributed by atoms with E-state index in [4.69, 9.17) is 0 Å². The summed E-state index contributed by atoms with van der Waals surface area (Å²) in [5, 5.41) is 3.31. The summed E-state index contributed by atoms with van der Waals surface area (Å²) in [6, 6.07) is 9.67. The van der Waals surface area contributed by atoms with Gasteiger partial charge >= 0.3 is 0 Å². The molecule has 2 atom stereocenters. The van der Waals surface area contributed by atoms with Gasteiger partial charge < -0.3 is 15.1 Å². The van der Waals surface area contributed by atoms with Gasteiger partial charge in [0.25, 0.3) is 0 Å². The van der Waals surface area contributed by atoms with Gasteiger partial charge in [0.05, 0.1) is 6.04 Å². The Morgan fingerprint density at radius 2 is 2.17 bits per heavy atom. The van der Waals surface area contributed by atoms with E-state index < -0.39 is 0 Å². The average molecular weight is 312 g/mol. The van der Waals surface area contributed by atoms with Gasteiger partial charge in [-0.1, -0.05) is 22.0 Å². The van der Waals surface area contributed by atoms with Crippen LogP contribution >= 0.6 is 15.9 Å². The Morgan fingerprint density at radius 3 is 2.83 bits per heavy atom. The molecule has 0 aliphatic carbocycles. The first-order chi connectivity index (χ1) is 8.61. The molecule has 2 unspecified atom stereocenters. The lowest BCUT2D eigenvalue weighted by atomic mass is 10.1. The van der Waals surface area contributed by atoms with E-state index in [1.807, 2.05) is 7.05 Å². The monoisotopic (exact) mass is 311 g/mol. The molecular formula is C14H22BrN3. The van der Waals surface area contributed by atoms with Crippen LogP contribution in [0.3, 0.4) is 0 Å². The Bertz CT molecular complexity index is 396. The highest BCUT2D eigenvalue weighted by Crippen LogP contribution is 2.26. The van der Waals surface area contributed by atoms with Crippen molar-refractivity contribution >= 4 is 21.6 Å². The molecular weight excluding hydrogens is 290 g/mol. The first kappa shape index (κ1) is 13.8. The highest BCUT2D eigenvalue weighted by molar-refractivity contribution is 9.10. The summed E-state index contributed by atoms with van der Waals surface area (Å²) in [6.45, 7) is 5.55. The van der Waals surface area contributed by atoms with Crippen LogP contribution < -0.4 is 10.2 Å². The zero-order chi connectivity index (χ0) is 13.1. The quantitative estimate of drug-likeness (QED) is 0.923. The van der Waals surface area contributed by atoms with Gasteiger partial charge in [0.15, 0.2) is 0 Å². The number of benzene rings is 1. The van der Waals surface area contributed by atoms with E-state index in [1.165, 1.54) is 5.69 Å². The molecule has 4 heteroatoms. The molecule has 1 aliphatic rings. The summed E-state index contributed by atoms with van der Waals surface area (Å²) in [7, 11) is 4.23. The van der Waals surface area contributed by atoms with Crippen molar-refractivity contribution in [2.45, 2.75) is 19.0 Å². The number of piperazine rings is 1. The van der Waals surface area contributed by atoms with E-state index >= 15 is 0 Å². The number of nitrogens with one attached hydrogen (secondary N) is 1. The van der Waals surface area contributed by atoms with Crippen LogP contribution in [-0.4, -0.2) is 50.7 Å². The van der Waals surface area contributed by atoms with Crippen LogP contribution in [0.25, 0.3) is 0 Å². The van der Waals surface area contributed by atoms with Crippen molar-refractivity contribution in [1.29, 1.82) is 0 Å². The van der Waals surface area contributed by atoms with E-state index in [1.54, 1.807) is 0 Å². The van der Waals surface area contributed by atoms with Crippen LogP contribution in [-0.2, 0) is 0 Å². The minimum atomic E-state index is 0.526. The lowest BCUT2D eigenvalue weighted by molar-refractivity contribution is 0.231. The van der Waals surface area contributed by atoms with Crippen molar-refractivity contribution in [1.82, 2.24) is 10.2 Å². The topological polar surface area (TPSA) is 18.5 Å². The molecule has 0 aromatic heterocycles. The number of rotatable bonds is 3. The predicted octanol–water partition coefficient (Wildman–Crippen LogP) is 2.18. The van der Waals surface area contributed by atoms with E-state index in [2.05, 4.69) is 69.3 Å². The molecule has 2 rings (SSSR count). The van der Waals surface area contributed by atoms with Crippen LogP contribution in [0.15, 0.2) is 28.7 Å². The minimum Gasteiger partial charge on any atom is -0.362 e. The van der Waals surface area contributed by atoms with Crippen LogP contribution in [0.2, 0.25) is 0 Å². The lowest BCUT2D eigenvalue weighted by Crippen LogP contribution is -2.59. The third kappa shape index (κ3) is 3.05. The predicted molar refractivity (Wildman–Crippen MR) is 81.3 cm³/mol. The van der Waals surface area contributed by atoms with Gasteiger partial charge in [-0.3, -0.25) is 0 Å². The SMILES string of the molecule is CNCC1CN(C)CC(C)N1c1cccc(Br)c1. The Morgan fingerprint density at radius 1 is 1.39 bits per heavy atom. The summed E-state index contributed by atoms with van der Waals surface area (Å²) in [5.41, 5.74) is 1.31. The van der Waals surface area contributed by atoms with Gasteiger partial charge in [-0.2, -0.15) is 0 Å². The normalized spacial score (nSPS) is 25.4. The molecule has 1 fully saturated rings. The van der Waals surface area contributed by atoms with Gasteiger partial charge in [0.1, 0.15) is 0 Å². The molecule has 1 heterocycles. The number of nitrogens with zero attached hydrogens (tertiary/aromatic N) is 2. The molecule has 18 heavy (non-hydrogen) atoms. The number of hydrogen-bond acceptors (Lipinski definition) is 3. The molecule has 0 spiro atoms. The second kappa shape index (κ2) is 6.04. The number of hydrogen-bond donors (Lipinski definition) is 1. The molecule has 0 bridgehead atoms. The van der Waals surface area contributed by atoms with Crippen LogP contribution in [0, 0.1) is 0 Å². The molecule has 0 saturated carbocycles. The first-order valence-electron chi connectivity index (χ1n) is 6.49. The molecule has 100 valence electrons. The van der Waals surface area contributed by atoms with Crippen molar-refractivity contribution < 1.29 is 0 Å². The number of likely N-dealkylation sites (N-methyl/N-ethyl adjacent to an activating group) is 2. The van der Waals surface area contributed by atoms with Crippen LogP contribution in [0.1, 0.15) is 6.92 Å². The zero-order valence-electron chi connectivity index (χ0n) is 11.4. The highest BCUT2D eigenvalue weighted by atomic mass is 79.9. The van der Waals surface area contributed by atoms with Crippen molar-refractivity contribution in [3.8, 4) is 0 Å². The van der Waals surface area contributed by atoms with E-state index in [0.717, 1.165) is 24.1 Å². The Hall–Kier alpha value is -0.580. The fourth-order valence-corrected chi connectivity index (χ4v) is 3.31. The fourth-order valence-electron chi connectivity index (χ4n) is 2.92. The number of anilines is 1. The molecule has 0 amide bonds. The smallest absolute Gasteiger partial charge is 0.0544 e. The lowest BCUT2D eigenvalue weighted by Gasteiger charge is -2.46. The summed E-state index contributed by atoms with van der Waals surface area (Å²) in [6.07, 6.45) is 0.